The summed E-state index contributed by atoms with van der Waals surface area (Å²) in [6, 6.07) is 18.0. The van der Waals surface area contributed by atoms with Crippen LogP contribution in [0.1, 0.15) is 11.1 Å². The predicted molar refractivity (Wildman–Crippen MR) is 128 cm³/mol. The number of benzene rings is 3. The fourth-order valence-electron chi connectivity index (χ4n) is 3.63. The van der Waals surface area contributed by atoms with Gasteiger partial charge < -0.3 is 19.5 Å². The number of rotatable bonds is 8. The van der Waals surface area contributed by atoms with Crippen molar-refractivity contribution in [2.24, 2.45) is 0 Å². The molecule has 0 radical (unpaired) electrons. The fraction of sp³-hybridized carbons (Fsp3) is 0.240. The Bertz CT molecular complexity index is 1280. The largest absolute Gasteiger partial charge is 0.495 e. The SMILES string of the molecule is COc1ccc(C)cc1S(=O)(=O)N[C@@H](Cc1ccccc1)C(=O)Nc1ccc2c(c1)OCCO2. The summed E-state index contributed by atoms with van der Waals surface area (Å²) in [7, 11) is -2.67. The normalized spacial score (nSPS) is 13.7. The highest BCUT2D eigenvalue weighted by molar-refractivity contribution is 7.89. The van der Waals surface area contributed by atoms with E-state index in [0.29, 0.717) is 30.4 Å². The molecule has 0 aliphatic carbocycles. The van der Waals surface area contributed by atoms with Crippen LogP contribution in [0.2, 0.25) is 0 Å². The smallest absolute Gasteiger partial charge is 0.245 e. The average Bonchev–Trinajstić information content (AvgIpc) is 2.84. The maximum absolute atomic E-state index is 13.3. The van der Waals surface area contributed by atoms with Crippen LogP contribution in [0.25, 0.3) is 0 Å². The molecule has 1 atom stereocenters. The highest BCUT2D eigenvalue weighted by atomic mass is 32.2. The standard InChI is InChI=1S/C25H26N2O6S/c1-17-8-10-22(31-2)24(14-17)34(29,30)27-20(15-18-6-4-3-5-7-18)25(28)26-19-9-11-21-23(16-19)33-13-12-32-21/h3-11,14,16,20,27H,12-13,15H2,1-2H3,(H,26,28)/t20-/m0/s1. The second kappa shape index (κ2) is 10.1. The number of aryl methyl sites for hydroxylation is 1. The molecule has 9 heteroatoms. The zero-order valence-electron chi connectivity index (χ0n) is 18.9. The van der Waals surface area contributed by atoms with Gasteiger partial charge in [0.2, 0.25) is 15.9 Å². The first-order valence-corrected chi connectivity index (χ1v) is 12.3. The van der Waals surface area contributed by atoms with Crippen LogP contribution in [0.3, 0.4) is 0 Å². The highest BCUT2D eigenvalue weighted by Crippen LogP contribution is 2.32. The van der Waals surface area contributed by atoms with Gasteiger partial charge in [-0.1, -0.05) is 36.4 Å². The molecule has 1 aliphatic heterocycles. The number of sulfonamides is 1. The molecule has 3 aromatic rings. The summed E-state index contributed by atoms with van der Waals surface area (Å²) in [4.78, 5) is 13.2. The second-order valence-corrected chi connectivity index (χ2v) is 9.55. The Morgan fingerprint density at radius 3 is 2.47 bits per heavy atom. The molecule has 0 saturated carbocycles. The minimum Gasteiger partial charge on any atom is -0.495 e. The summed E-state index contributed by atoms with van der Waals surface area (Å²) < 4.78 is 45.5. The molecule has 1 heterocycles. The molecule has 0 aromatic heterocycles. The van der Waals surface area contributed by atoms with Crippen LogP contribution in [0.5, 0.6) is 17.2 Å². The van der Waals surface area contributed by atoms with E-state index < -0.39 is 22.0 Å². The number of hydrogen-bond donors (Lipinski definition) is 2. The van der Waals surface area contributed by atoms with Crippen molar-refractivity contribution in [2.75, 3.05) is 25.6 Å². The minimum atomic E-state index is -4.08. The van der Waals surface area contributed by atoms with E-state index in [1.165, 1.54) is 13.2 Å². The Kier molecular flexibility index (Phi) is 7.04. The number of amides is 1. The summed E-state index contributed by atoms with van der Waals surface area (Å²) in [5.41, 5.74) is 2.03. The third-order valence-corrected chi connectivity index (χ3v) is 6.81. The second-order valence-electron chi connectivity index (χ2n) is 7.87. The molecule has 0 fully saturated rings. The summed E-state index contributed by atoms with van der Waals surface area (Å²) in [5, 5.41) is 2.79. The summed E-state index contributed by atoms with van der Waals surface area (Å²) >= 11 is 0. The Morgan fingerprint density at radius 1 is 1.00 bits per heavy atom. The van der Waals surface area contributed by atoms with Crippen LogP contribution >= 0.6 is 0 Å². The van der Waals surface area contributed by atoms with Crippen LogP contribution in [0, 0.1) is 6.92 Å². The number of ether oxygens (including phenoxy) is 3. The van der Waals surface area contributed by atoms with Crippen molar-refractivity contribution < 1.29 is 27.4 Å². The van der Waals surface area contributed by atoms with Gasteiger partial charge in [0, 0.05) is 11.8 Å². The molecular weight excluding hydrogens is 456 g/mol. The Morgan fingerprint density at radius 2 is 1.74 bits per heavy atom. The molecular formula is C25H26N2O6S. The monoisotopic (exact) mass is 482 g/mol. The third-order valence-electron chi connectivity index (χ3n) is 5.31. The predicted octanol–water partition coefficient (Wildman–Crippen LogP) is 3.30. The lowest BCUT2D eigenvalue weighted by atomic mass is 10.1. The van der Waals surface area contributed by atoms with Crippen LogP contribution < -0.4 is 24.2 Å². The van der Waals surface area contributed by atoms with Gasteiger partial charge in [0.1, 0.15) is 29.9 Å². The molecule has 0 bridgehead atoms. The zero-order valence-corrected chi connectivity index (χ0v) is 19.7. The van der Waals surface area contributed by atoms with Gasteiger partial charge >= 0.3 is 0 Å². The zero-order chi connectivity index (χ0) is 24.1. The third kappa shape index (κ3) is 5.49. The minimum absolute atomic E-state index is 0.0276. The van der Waals surface area contributed by atoms with Gasteiger partial charge in [-0.05, 0) is 48.7 Å². The first-order chi connectivity index (χ1) is 16.4. The Balaban J connectivity index is 1.61. The number of carbonyl (C=O) groups is 1. The fourth-order valence-corrected chi connectivity index (χ4v) is 5.08. The lowest BCUT2D eigenvalue weighted by Crippen LogP contribution is -2.45. The molecule has 1 aliphatic rings. The maximum Gasteiger partial charge on any atom is 0.245 e. The molecule has 34 heavy (non-hydrogen) atoms. The summed E-state index contributed by atoms with van der Waals surface area (Å²) in [6.45, 7) is 2.66. The quantitative estimate of drug-likeness (QED) is 0.511. The van der Waals surface area contributed by atoms with Gasteiger partial charge in [0.15, 0.2) is 11.5 Å². The molecule has 2 N–H and O–H groups in total. The van der Waals surface area contributed by atoms with E-state index in [0.717, 1.165) is 11.1 Å². The van der Waals surface area contributed by atoms with E-state index in [2.05, 4.69) is 10.0 Å². The lowest BCUT2D eigenvalue weighted by Gasteiger charge is -2.21. The summed E-state index contributed by atoms with van der Waals surface area (Å²) in [5.74, 6) is 0.811. The number of nitrogens with one attached hydrogen (secondary N) is 2. The van der Waals surface area contributed by atoms with Gasteiger partial charge in [0.05, 0.1) is 7.11 Å². The summed E-state index contributed by atoms with van der Waals surface area (Å²) in [6.07, 6.45) is 0.157. The highest BCUT2D eigenvalue weighted by Gasteiger charge is 2.29. The maximum atomic E-state index is 13.3. The van der Waals surface area contributed by atoms with Gasteiger partial charge in [-0.15, -0.1) is 0 Å². The van der Waals surface area contributed by atoms with E-state index in [-0.39, 0.29) is 17.1 Å². The van der Waals surface area contributed by atoms with Gasteiger partial charge in [-0.2, -0.15) is 4.72 Å². The van der Waals surface area contributed by atoms with Crippen molar-refractivity contribution >= 4 is 21.6 Å². The lowest BCUT2D eigenvalue weighted by molar-refractivity contribution is -0.117. The first-order valence-electron chi connectivity index (χ1n) is 10.8. The molecule has 8 nitrogen and oxygen atoms in total. The molecule has 0 spiro atoms. The molecule has 0 saturated heterocycles. The van der Waals surface area contributed by atoms with Crippen LogP contribution in [0.4, 0.5) is 5.69 Å². The van der Waals surface area contributed by atoms with Crippen molar-refractivity contribution in [2.45, 2.75) is 24.3 Å². The van der Waals surface area contributed by atoms with Crippen molar-refractivity contribution in [3.8, 4) is 17.2 Å². The molecule has 178 valence electrons. The number of carbonyl (C=O) groups excluding carboxylic acids is 1. The van der Waals surface area contributed by atoms with Crippen LogP contribution in [-0.2, 0) is 21.2 Å². The van der Waals surface area contributed by atoms with Crippen molar-refractivity contribution in [1.29, 1.82) is 0 Å². The molecule has 4 rings (SSSR count). The molecule has 3 aromatic carbocycles. The van der Waals surface area contributed by atoms with E-state index in [9.17, 15) is 13.2 Å². The van der Waals surface area contributed by atoms with Crippen molar-refractivity contribution in [3.05, 3.63) is 77.9 Å². The van der Waals surface area contributed by atoms with Crippen molar-refractivity contribution in [3.63, 3.8) is 0 Å². The molecule has 0 unspecified atom stereocenters. The van der Waals surface area contributed by atoms with E-state index in [4.69, 9.17) is 14.2 Å². The van der Waals surface area contributed by atoms with Crippen LogP contribution in [0.15, 0.2) is 71.6 Å². The number of methoxy groups -OCH3 is 1. The molecule has 1 amide bonds. The van der Waals surface area contributed by atoms with Gasteiger partial charge in [-0.3, -0.25) is 4.79 Å². The van der Waals surface area contributed by atoms with Gasteiger partial charge in [-0.25, -0.2) is 8.42 Å². The first kappa shape index (κ1) is 23.6. The number of anilines is 1. The Hall–Kier alpha value is -3.56. The van der Waals surface area contributed by atoms with E-state index in [1.807, 2.05) is 30.3 Å². The topological polar surface area (TPSA) is 103 Å². The van der Waals surface area contributed by atoms with E-state index in [1.54, 1.807) is 37.3 Å². The number of hydrogen-bond acceptors (Lipinski definition) is 6. The van der Waals surface area contributed by atoms with Gasteiger partial charge in [0.25, 0.3) is 0 Å². The van der Waals surface area contributed by atoms with E-state index >= 15 is 0 Å². The van der Waals surface area contributed by atoms with Crippen molar-refractivity contribution in [1.82, 2.24) is 4.72 Å². The Labute approximate surface area is 198 Å². The number of fused-ring (bicyclic) bond motifs is 1. The average molecular weight is 483 g/mol. The van der Waals surface area contributed by atoms with Crippen LogP contribution in [-0.4, -0.2) is 40.7 Å².